The molecule has 2 N–H and O–H groups in total. The first-order valence-corrected chi connectivity index (χ1v) is 3.59. The predicted molar refractivity (Wildman–Crippen MR) is 44.0 cm³/mol. The van der Waals surface area contributed by atoms with Crippen LogP contribution in [0.5, 0.6) is 0 Å². The molecule has 0 aromatic rings. The molecule has 1 unspecified atom stereocenters. The van der Waals surface area contributed by atoms with E-state index in [-0.39, 0.29) is 0 Å². The molecule has 0 saturated heterocycles. The Bertz CT molecular complexity index is 154. The third kappa shape index (κ3) is 5.61. The predicted octanol–water partition coefficient (Wildman–Crippen LogP) is 0.843. The lowest BCUT2D eigenvalue weighted by atomic mass is 10.2. The largest absolute Gasteiger partial charge is 0.368 e. The molecular weight excluding hydrogens is 142 g/mol. The van der Waals surface area contributed by atoms with Crippen LogP contribution in [0.1, 0.15) is 20.3 Å². The Balaban J connectivity index is 3.39. The third-order valence-corrected chi connectivity index (χ3v) is 1.30. The number of primary amides is 1. The Labute approximate surface area is 67.2 Å². The molecule has 0 aliphatic carbocycles. The molecule has 1 atom stereocenters. The van der Waals surface area contributed by atoms with Gasteiger partial charge in [-0.25, -0.2) is 0 Å². The monoisotopic (exact) mass is 157 g/mol. The molecule has 0 aliphatic heterocycles. The minimum Gasteiger partial charge on any atom is -0.368 e. The van der Waals surface area contributed by atoms with Crippen molar-refractivity contribution in [1.82, 2.24) is 0 Å². The highest BCUT2D eigenvalue weighted by Crippen LogP contribution is 1.97. The van der Waals surface area contributed by atoms with Gasteiger partial charge in [0.1, 0.15) is 6.10 Å². The number of carbonyl (C=O) groups excluding carboxylic acids is 1. The average Bonchev–Trinajstić information content (AvgIpc) is 1.86. The summed E-state index contributed by atoms with van der Waals surface area (Å²) < 4.78 is 5.08. The van der Waals surface area contributed by atoms with Crippen molar-refractivity contribution in [2.75, 3.05) is 6.61 Å². The highest BCUT2D eigenvalue weighted by Gasteiger charge is 2.07. The van der Waals surface area contributed by atoms with Crippen LogP contribution in [0.25, 0.3) is 0 Å². The van der Waals surface area contributed by atoms with Gasteiger partial charge in [-0.15, -0.1) is 6.58 Å². The molecule has 0 aromatic carbocycles. The molecule has 64 valence electrons. The van der Waals surface area contributed by atoms with Gasteiger partial charge >= 0.3 is 0 Å². The number of carbonyl (C=O) groups is 1. The smallest absolute Gasteiger partial charge is 0.246 e. The number of hydrogen-bond donors (Lipinski definition) is 1. The maximum Gasteiger partial charge on any atom is 0.246 e. The standard InChI is InChI=1S/C8H15NO2/c1-6(2)4-5-11-7(3)8(9)10/h7H,1,4-5H2,2-3H3,(H2,9,10). The van der Waals surface area contributed by atoms with Crippen molar-refractivity contribution in [3.63, 3.8) is 0 Å². The lowest BCUT2D eigenvalue weighted by Gasteiger charge is -2.08. The summed E-state index contributed by atoms with van der Waals surface area (Å²) in [6, 6.07) is 0. The van der Waals surface area contributed by atoms with E-state index in [0.29, 0.717) is 6.61 Å². The number of amides is 1. The summed E-state index contributed by atoms with van der Waals surface area (Å²) >= 11 is 0. The van der Waals surface area contributed by atoms with E-state index in [2.05, 4.69) is 6.58 Å². The van der Waals surface area contributed by atoms with Crippen molar-refractivity contribution in [2.45, 2.75) is 26.4 Å². The summed E-state index contributed by atoms with van der Waals surface area (Å²) in [4.78, 5) is 10.4. The summed E-state index contributed by atoms with van der Waals surface area (Å²) in [5.41, 5.74) is 6.01. The zero-order chi connectivity index (χ0) is 8.85. The minimum absolute atomic E-state index is 0.424. The van der Waals surface area contributed by atoms with Crippen LogP contribution in [0.2, 0.25) is 0 Å². The molecule has 0 radical (unpaired) electrons. The second-order valence-corrected chi connectivity index (χ2v) is 2.62. The SMILES string of the molecule is C=C(C)CCOC(C)C(N)=O. The summed E-state index contributed by atoms with van der Waals surface area (Å²) in [7, 11) is 0. The van der Waals surface area contributed by atoms with Crippen LogP contribution in [0.4, 0.5) is 0 Å². The fourth-order valence-electron chi connectivity index (χ4n) is 0.492. The van der Waals surface area contributed by atoms with Gasteiger partial charge in [0.25, 0.3) is 0 Å². The molecule has 0 spiro atoms. The van der Waals surface area contributed by atoms with E-state index >= 15 is 0 Å². The van der Waals surface area contributed by atoms with Crippen LogP contribution >= 0.6 is 0 Å². The van der Waals surface area contributed by atoms with Crippen LogP contribution in [0, 0.1) is 0 Å². The van der Waals surface area contributed by atoms with Gasteiger partial charge in [0.05, 0.1) is 6.61 Å². The van der Waals surface area contributed by atoms with Crippen LogP contribution in [-0.2, 0) is 9.53 Å². The van der Waals surface area contributed by atoms with Crippen LogP contribution in [0.3, 0.4) is 0 Å². The van der Waals surface area contributed by atoms with Gasteiger partial charge in [-0.3, -0.25) is 4.79 Å². The molecule has 0 heterocycles. The van der Waals surface area contributed by atoms with Gasteiger partial charge in [-0.2, -0.15) is 0 Å². The van der Waals surface area contributed by atoms with E-state index < -0.39 is 12.0 Å². The van der Waals surface area contributed by atoms with Gasteiger partial charge in [-0.1, -0.05) is 5.57 Å². The molecule has 0 aromatic heterocycles. The first-order chi connectivity index (χ1) is 5.04. The Morgan fingerprint density at radius 3 is 2.64 bits per heavy atom. The van der Waals surface area contributed by atoms with Crippen molar-refractivity contribution in [3.05, 3.63) is 12.2 Å². The zero-order valence-corrected chi connectivity index (χ0v) is 7.09. The van der Waals surface area contributed by atoms with Gasteiger partial charge in [-0.05, 0) is 20.3 Å². The molecule has 0 saturated carbocycles. The third-order valence-electron chi connectivity index (χ3n) is 1.30. The van der Waals surface area contributed by atoms with Crippen molar-refractivity contribution < 1.29 is 9.53 Å². The molecule has 0 aliphatic rings. The molecule has 3 heteroatoms. The molecule has 11 heavy (non-hydrogen) atoms. The van der Waals surface area contributed by atoms with E-state index in [4.69, 9.17) is 10.5 Å². The van der Waals surface area contributed by atoms with Crippen molar-refractivity contribution in [1.29, 1.82) is 0 Å². The number of rotatable bonds is 5. The Morgan fingerprint density at radius 1 is 1.73 bits per heavy atom. The van der Waals surface area contributed by atoms with E-state index in [1.165, 1.54) is 0 Å². The fraction of sp³-hybridized carbons (Fsp3) is 0.625. The number of hydrogen-bond acceptors (Lipinski definition) is 2. The lowest BCUT2D eigenvalue weighted by Crippen LogP contribution is -2.28. The van der Waals surface area contributed by atoms with Gasteiger partial charge in [0.2, 0.25) is 5.91 Å². The molecule has 0 bridgehead atoms. The van der Waals surface area contributed by atoms with Crippen LogP contribution in [0.15, 0.2) is 12.2 Å². The van der Waals surface area contributed by atoms with E-state index in [0.717, 1.165) is 12.0 Å². The molecule has 3 nitrogen and oxygen atoms in total. The summed E-state index contributed by atoms with van der Waals surface area (Å²) in [5, 5.41) is 0. The molecule has 0 rings (SSSR count). The lowest BCUT2D eigenvalue weighted by molar-refractivity contribution is -0.128. The molecule has 1 amide bonds. The van der Waals surface area contributed by atoms with Crippen molar-refractivity contribution in [3.8, 4) is 0 Å². The normalized spacial score (nSPS) is 12.5. The van der Waals surface area contributed by atoms with Gasteiger partial charge in [0, 0.05) is 0 Å². The number of ether oxygens (including phenoxy) is 1. The Hall–Kier alpha value is -0.830. The summed E-state index contributed by atoms with van der Waals surface area (Å²) in [5.74, 6) is -0.424. The highest BCUT2D eigenvalue weighted by atomic mass is 16.5. The molecule has 0 fully saturated rings. The topological polar surface area (TPSA) is 52.3 Å². The zero-order valence-electron chi connectivity index (χ0n) is 7.09. The minimum atomic E-state index is -0.491. The van der Waals surface area contributed by atoms with Crippen molar-refractivity contribution >= 4 is 5.91 Å². The summed E-state index contributed by atoms with van der Waals surface area (Å²) in [6.45, 7) is 7.77. The second kappa shape index (κ2) is 4.91. The van der Waals surface area contributed by atoms with E-state index in [9.17, 15) is 4.79 Å². The van der Waals surface area contributed by atoms with E-state index in [1.54, 1.807) is 6.92 Å². The average molecular weight is 157 g/mol. The van der Waals surface area contributed by atoms with Crippen LogP contribution in [-0.4, -0.2) is 18.6 Å². The van der Waals surface area contributed by atoms with E-state index in [1.807, 2.05) is 6.92 Å². The highest BCUT2D eigenvalue weighted by molar-refractivity contribution is 5.78. The quantitative estimate of drug-likeness (QED) is 0.601. The Kier molecular flexibility index (Phi) is 4.54. The first-order valence-electron chi connectivity index (χ1n) is 3.59. The maximum atomic E-state index is 10.4. The number of nitrogens with two attached hydrogens (primary N) is 1. The first kappa shape index (κ1) is 10.2. The Morgan fingerprint density at radius 2 is 2.27 bits per heavy atom. The fourth-order valence-corrected chi connectivity index (χ4v) is 0.492. The maximum absolute atomic E-state index is 10.4. The van der Waals surface area contributed by atoms with Crippen LogP contribution < -0.4 is 5.73 Å². The van der Waals surface area contributed by atoms with Crippen molar-refractivity contribution in [2.24, 2.45) is 5.73 Å². The second-order valence-electron chi connectivity index (χ2n) is 2.62. The molecular formula is C8H15NO2. The van der Waals surface area contributed by atoms with Gasteiger partial charge < -0.3 is 10.5 Å². The van der Waals surface area contributed by atoms with Gasteiger partial charge in [0.15, 0.2) is 0 Å². The summed E-state index contributed by atoms with van der Waals surface area (Å²) in [6.07, 6.45) is 0.284.